The van der Waals surface area contributed by atoms with Crippen LogP contribution in [0.5, 0.6) is 0 Å². The second kappa shape index (κ2) is 10.5. The zero-order valence-corrected chi connectivity index (χ0v) is 23.9. The van der Waals surface area contributed by atoms with Gasteiger partial charge >= 0.3 is 0 Å². The van der Waals surface area contributed by atoms with E-state index in [9.17, 15) is 13.2 Å². The van der Waals surface area contributed by atoms with Gasteiger partial charge in [-0.3, -0.25) is 9.69 Å². The molecule has 3 aromatic carbocycles. The molecule has 0 spiro atoms. The molecule has 9 heteroatoms. The molecule has 1 saturated heterocycles. The molecule has 0 N–H and O–H groups in total. The smallest absolute Gasteiger partial charge is 0.245 e. The van der Waals surface area contributed by atoms with E-state index < -0.39 is 10.0 Å². The van der Waals surface area contributed by atoms with Gasteiger partial charge in [-0.1, -0.05) is 70.0 Å². The fourth-order valence-corrected chi connectivity index (χ4v) is 8.04. The van der Waals surface area contributed by atoms with Crippen molar-refractivity contribution in [2.75, 3.05) is 31.1 Å². The summed E-state index contributed by atoms with van der Waals surface area (Å²) in [7, 11) is -3.82. The highest BCUT2D eigenvalue weighted by molar-refractivity contribution is 9.10. The first-order valence-corrected chi connectivity index (χ1v) is 14.9. The van der Waals surface area contributed by atoms with Crippen LogP contribution in [0.25, 0.3) is 0 Å². The summed E-state index contributed by atoms with van der Waals surface area (Å²) in [4.78, 5) is 16.6. The van der Waals surface area contributed by atoms with Crippen molar-refractivity contribution in [3.8, 4) is 0 Å². The summed E-state index contributed by atoms with van der Waals surface area (Å²) in [5.74, 6) is -0.150. The number of nitrogens with zero attached hydrogens (tertiary/aromatic N) is 3. The fraction of sp³-hybridized carbons (Fsp3) is 0.321. The highest BCUT2D eigenvalue weighted by Crippen LogP contribution is 2.41. The van der Waals surface area contributed by atoms with Gasteiger partial charge < -0.3 is 4.90 Å². The van der Waals surface area contributed by atoms with E-state index in [4.69, 9.17) is 11.6 Å². The van der Waals surface area contributed by atoms with Gasteiger partial charge in [0.25, 0.3) is 0 Å². The summed E-state index contributed by atoms with van der Waals surface area (Å²) in [6.07, 6.45) is 0.629. The molecule has 2 aliphatic rings. The Hall–Kier alpha value is -2.23. The molecule has 3 aromatic rings. The highest BCUT2D eigenvalue weighted by atomic mass is 79.9. The molecule has 0 aromatic heterocycles. The maximum Gasteiger partial charge on any atom is 0.245 e. The first kappa shape index (κ1) is 26.4. The largest absolute Gasteiger partial charge is 0.308 e. The lowest BCUT2D eigenvalue weighted by Gasteiger charge is -2.39. The maximum absolute atomic E-state index is 14.0. The molecule has 1 fully saturated rings. The van der Waals surface area contributed by atoms with E-state index in [2.05, 4.69) is 33.0 Å². The van der Waals surface area contributed by atoms with Crippen LogP contribution in [0.2, 0.25) is 5.02 Å². The summed E-state index contributed by atoms with van der Waals surface area (Å²) < 4.78 is 30.2. The summed E-state index contributed by atoms with van der Waals surface area (Å²) in [5, 5.41) is 0.682. The first-order chi connectivity index (χ1) is 17.7. The predicted molar refractivity (Wildman–Crippen MR) is 151 cm³/mol. The number of carbonyl (C=O) groups is 1. The first-order valence-electron chi connectivity index (χ1n) is 12.3. The molecule has 2 atom stereocenters. The number of amides is 1. The average Bonchev–Trinajstić information content (AvgIpc) is 3.21. The van der Waals surface area contributed by atoms with Gasteiger partial charge in [0.1, 0.15) is 4.90 Å². The standard InChI is InChI=1S/C28H29BrClN3O3S/c1-19-16-23-17-24(29)18-26(28(23)33(19)20(2)34)37(35,36)32-14-12-31(13-15-32)27(21-6-4-3-5-7-21)22-8-10-25(30)11-9-22/h3-11,17-19,27H,12-16H2,1-2H3/t19-,27-/m0/s1. The fourth-order valence-electron chi connectivity index (χ4n) is 5.59. The number of piperazine rings is 1. The predicted octanol–water partition coefficient (Wildman–Crippen LogP) is 5.50. The van der Waals surface area contributed by atoms with Crippen LogP contribution in [0, 0.1) is 0 Å². The number of rotatable bonds is 5. The number of fused-ring (bicyclic) bond motifs is 1. The molecule has 0 unspecified atom stereocenters. The Morgan fingerprint density at radius 1 is 0.973 bits per heavy atom. The van der Waals surface area contributed by atoms with E-state index in [1.807, 2.05) is 55.5 Å². The number of carbonyl (C=O) groups excluding carboxylic acids is 1. The van der Waals surface area contributed by atoms with Crippen LogP contribution in [0.1, 0.15) is 36.6 Å². The second-order valence-electron chi connectivity index (χ2n) is 9.66. The molecule has 0 radical (unpaired) electrons. The minimum absolute atomic E-state index is 0.00695. The molecule has 2 aliphatic heterocycles. The van der Waals surface area contributed by atoms with Gasteiger partial charge in [0, 0.05) is 48.6 Å². The second-order valence-corrected chi connectivity index (χ2v) is 12.9. The van der Waals surface area contributed by atoms with Crippen molar-refractivity contribution in [3.63, 3.8) is 0 Å². The van der Waals surface area contributed by atoms with Crippen LogP contribution in [0.3, 0.4) is 0 Å². The molecule has 194 valence electrons. The molecule has 2 heterocycles. The number of anilines is 1. The number of halogens is 2. The minimum atomic E-state index is -3.82. The Bertz CT molecular complexity index is 1410. The number of hydrogen-bond donors (Lipinski definition) is 0. The lowest BCUT2D eigenvalue weighted by molar-refractivity contribution is -0.116. The zero-order valence-electron chi connectivity index (χ0n) is 20.8. The Morgan fingerprint density at radius 2 is 1.59 bits per heavy atom. The van der Waals surface area contributed by atoms with E-state index in [0.717, 1.165) is 16.7 Å². The SMILES string of the molecule is CC(=O)N1c2c(cc(Br)cc2S(=O)(=O)N2CCN([C@@H](c3ccccc3)c3ccc(Cl)cc3)CC2)C[C@@H]1C. The summed E-state index contributed by atoms with van der Waals surface area (Å²) >= 11 is 9.64. The van der Waals surface area contributed by atoms with Gasteiger partial charge in [0.05, 0.1) is 11.7 Å². The molecule has 5 rings (SSSR count). The lowest BCUT2D eigenvalue weighted by atomic mass is 9.96. The molecule has 37 heavy (non-hydrogen) atoms. The van der Waals surface area contributed by atoms with Crippen molar-refractivity contribution >= 4 is 49.1 Å². The van der Waals surface area contributed by atoms with E-state index in [1.54, 1.807) is 15.3 Å². The summed E-state index contributed by atoms with van der Waals surface area (Å²) in [6, 6.07) is 21.6. The Balaban J connectivity index is 1.43. The third kappa shape index (κ3) is 5.10. The molecule has 0 saturated carbocycles. The third-order valence-corrected chi connectivity index (χ3v) is 9.83. The molecular weight excluding hydrogens is 574 g/mol. The van der Waals surface area contributed by atoms with Gasteiger partial charge in [-0.05, 0) is 54.3 Å². The van der Waals surface area contributed by atoms with Crippen molar-refractivity contribution in [2.24, 2.45) is 0 Å². The molecule has 0 bridgehead atoms. The quantitative estimate of drug-likeness (QED) is 0.387. The van der Waals surface area contributed by atoms with E-state index in [-0.39, 0.29) is 22.9 Å². The van der Waals surface area contributed by atoms with Crippen LogP contribution < -0.4 is 4.90 Å². The van der Waals surface area contributed by atoms with Crippen molar-refractivity contribution in [1.82, 2.24) is 9.21 Å². The van der Waals surface area contributed by atoms with Crippen LogP contribution >= 0.6 is 27.5 Å². The summed E-state index contributed by atoms with van der Waals surface area (Å²) in [6.45, 7) is 5.30. The van der Waals surface area contributed by atoms with E-state index >= 15 is 0 Å². The van der Waals surface area contributed by atoms with E-state index in [1.165, 1.54) is 6.92 Å². The number of benzene rings is 3. The number of hydrogen-bond acceptors (Lipinski definition) is 4. The van der Waals surface area contributed by atoms with Crippen molar-refractivity contribution in [3.05, 3.63) is 92.9 Å². The monoisotopic (exact) mass is 601 g/mol. The Kier molecular flexibility index (Phi) is 7.49. The molecule has 6 nitrogen and oxygen atoms in total. The van der Waals surface area contributed by atoms with Crippen LogP contribution in [-0.4, -0.2) is 55.8 Å². The normalized spacial score (nSPS) is 19.6. The van der Waals surface area contributed by atoms with Gasteiger partial charge in [0.2, 0.25) is 15.9 Å². The molecule has 1 amide bonds. The van der Waals surface area contributed by atoms with Crippen LogP contribution in [0.4, 0.5) is 5.69 Å². The summed E-state index contributed by atoms with van der Waals surface area (Å²) in [5.41, 5.74) is 3.66. The van der Waals surface area contributed by atoms with Crippen molar-refractivity contribution in [2.45, 2.75) is 37.2 Å². The van der Waals surface area contributed by atoms with Crippen molar-refractivity contribution < 1.29 is 13.2 Å². The molecule has 0 aliphatic carbocycles. The van der Waals surface area contributed by atoms with E-state index in [0.29, 0.717) is 47.8 Å². The lowest BCUT2D eigenvalue weighted by Crippen LogP contribution is -2.50. The topological polar surface area (TPSA) is 60.9 Å². The maximum atomic E-state index is 14.0. The Morgan fingerprint density at radius 3 is 2.22 bits per heavy atom. The third-order valence-electron chi connectivity index (χ3n) is 7.21. The average molecular weight is 603 g/mol. The minimum Gasteiger partial charge on any atom is -0.308 e. The van der Waals surface area contributed by atoms with Gasteiger partial charge in [0.15, 0.2) is 0 Å². The highest BCUT2D eigenvalue weighted by Gasteiger charge is 2.39. The van der Waals surface area contributed by atoms with Gasteiger partial charge in [-0.15, -0.1) is 0 Å². The van der Waals surface area contributed by atoms with Gasteiger partial charge in [-0.2, -0.15) is 4.31 Å². The van der Waals surface area contributed by atoms with Crippen LogP contribution in [0.15, 0.2) is 76.1 Å². The zero-order chi connectivity index (χ0) is 26.3. The van der Waals surface area contributed by atoms with Crippen molar-refractivity contribution in [1.29, 1.82) is 0 Å². The van der Waals surface area contributed by atoms with Gasteiger partial charge in [-0.25, -0.2) is 8.42 Å². The molecular formula is C28H29BrClN3O3S. The Labute approximate surface area is 232 Å². The van der Waals surface area contributed by atoms with Crippen LogP contribution in [-0.2, 0) is 21.2 Å². The number of sulfonamides is 1.